The Morgan fingerprint density at radius 3 is 2.48 bits per heavy atom. The molecule has 1 amide bonds. The van der Waals surface area contributed by atoms with Gasteiger partial charge >= 0.3 is 0 Å². The number of nitrogens with one attached hydrogen (secondary N) is 1. The summed E-state index contributed by atoms with van der Waals surface area (Å²) in [5.74, 6) is -0.251. The Morgan fingerprint density at radius 1 is 1.21 bits per heavy atom. The molecule has 3 rings (SSSR count). The monoisotopic (exact) mass is 416 g/mol. The zero-order valence-electron chi connectivity index (χ0n) is 16.0. The molecule has 0 aliphatic rings. The van der Waals surface area contributed by atoms with Crippen molar-refractivity contribution < 1.29 is 19.4 Å². The highest BCUT2D eigenvalue weighted by Crippen LogP contribution is 2.38. The van der Waals surface area contributed by atoms with Gasteiger partial charge in [0.15, 0.2) is 5.16 Å². The van der Waals surface area contributed by atoms with E-state index >= 15 is 0 Å². The lowest BCUT2D eigenvalue weighted by atomic mass is 10.0. The second-order valence-corrected chi connectivity index (χ2v) is 7.08. The number of carbonyl (C=O) groups excluding carboxylic acids is 1. The van der Waals surface area contributed by atoms with Gasteiger partial charge in [-0.3, -0.25) is 4.79 Å². The van der Waals surface area contributed by atoms with Crippen molar-refractivity contribution >= 4 is 23.5 Å². The number of halogens is 1. The summed E-state index contributed by atoms with van der Waals surface area (Å²) in [6, 6.07) is 8.77. The molecular formula is C20H21FN4O3S. The van der Waals surface area contributed by atoms with E-state index in [-0.39, 0.29) is 24.9 Å². The molecule has 2 aromatic heterocycles. The third kappa shape index (κ3) is 4.47. The van der Waals surface area contributed by atoms with Gasteiger partial charge in [0.05, 0.1) is 30.6 Å². The minimum absolute atomic E-state index is 0.254. The fourth-order valence-corrected chi connectivity index (χ4v) is 3.65. The van der Waals surface area contributed by atoms with Gasteiger partial charge in [-0.25, -0.2) is 14.4 Å². The first-order valence-corrected chi connectivity index (χ1v) is 10.1. The number of imidazole rings is 1. The van der Waals surface area contributed by atoms with E-state index < -0.39 is 6.04 Å². The van der Waals surface area contributed by atoms with E-state index in [9.17, 15) is 19.4 Å². The van der Waals surface area contributed by atoms with Gasteiger partial charge in [-0.05, 0) is 42.7 Å². The summed E-state index contributed by atoms with van der Waals surface area (Å²) in [5.41, 5.74) is 2.56. The molecule has 0 unspecified atom stereocenters. The maximum absolute atomic E-state index is 13.4. The quantitative estimate of drug-likeness (QED) is 0.512. The molecule has 3 aromatic rings. The van der Waals surface area contributed by atoms with Crippen LogP contribution in [0.15, 0.2) is 47.8 Å². The van der Waals surface area contributed by atoms with Crippen LogP contribution in [0.1, 0.15) is 13.0 Å². The summed E-state index contributed by atoms with van der Waals surface area (Å²) >= 11 is 1.37. The Hall–Kier alpha value is -2.75. The maximum Gasteiger partial charge on any atom is 0.222 e. The van der Waals surface area contributed by atoms with E-state index in [4.69, 9.17) is 0 Å². The zero-order chi connectivity index (χ0) is 21.0. The van der Waals surface area contributed by atoms with Gasteiger partial charge in [0.1, 0.15) is 11.6 Å². The summed E-state index contributed by atoms with van der Waals surface area (Å²) in [6.45, 7) is 0.807. The van der Waals surface area contributed by atoms with E-state index in [2.05, 4.69) is 15.3 Å². The topological polar surface area (TPSA) is 100 Å². The number of benzene rings is 1. The smallest absolute Gasteiger partial charge is 0.222 e. The molecule has 0 bridgehead atoms. The van der Waals surface area contributed by atoms with Crippen LogP contribution in [0.4, 0.5) is 10.2 Å². The number of hydrogen-bond donors (Lipinski definition) is 3. The third-order valence-electron chi connectivity index (χ3n) is 4.30. The molecule has 29 heavy (non-hydrogen) atoms. The van der Waals surface area contributed by atoms with Crippen molar-refractivity contribution in [2.45, 2.75) is 18.1 Å². The number of pyridine rings is 1. The number of carbonyl (C=O) groups is 1. The van der Waals surface area contributed by atoms with Gasteiger partial charge in [-0.2, -0.15) is 0 Å². The number of aromatic nitrogens is 3. The van der Waals surface area contributed by atoms with Gasteiger partial charge in [0.2, 0.25) is 5.91 Å². The van der Waals surface area contributed by atoms with E-state index in [0.717, 1.165) is 0 Å². The van der Waals surface area contributed by atoms with Crippen LogP contribution in [0.5, 0.6) is 0 Å². The molecule has 7 nitrogen and oxygen atoms in total. The fourth-order valence-electron chi connectivity index (χ4n) is 3.03. The maximum atomic E-state index is 13.4. The van der Waals surface area contributed by atoms with E-state index in [1.165, 1.54) is 30.8 Å². The Kier molecular flexibility index (Phi) is 6.63. The first-order chi connectivity index (χ1) is 14.0. The van der Waals surface area contributed by atoms with Crippen LogP contribution in [-0.2, 0) is 4.79 Å². The lowest BCUT2D eigenvalue weighted by Gasteiger charge is -2.19. The van der Waals surface area contributed by atoms with Gasteiger partial charge < -0.3 is 20.1 Å². The number of anilines is 1. The van der Waals surface area contributed by atoms with Gasteiger partial charge in [0, 0.05) is 24.2 Å². The third-order valence-corrected chi connectivity index (χ3v) is 4.96. The van der Waals surface area contributed by atoms with Crippen LogP contribution in [0.3, 0.4) is 0 Å². The molecule has 0 fully saturated rings. The Balaban J connectivity index is 2.28. The zero-order valence-corrected chi connectivity index (χ0v) is 16.8. The standard InChI is InChI=1S/C20H21FN4O3S/c1-12(28)23-17-9-14(7-8-22-17)19-18(13-3-5-15(21)6-4-13)24-20(29-2)25(19)16(10-26)11-27/h3-9,16,26-27H,10-11H2,1-2H3,(H,22,23,28). The van der Waals surface area contributed by atoms with Crippen LogP contribution >= 0.6 is 11.8 Å². The van der Waals surface area contributed by atoms with Crippen LogP contribution in [0.25, 0.3) is 22.5 Å². The molecular weight excluding hydrogens is 395 g/mol. The lowest BCUT2D eigenvalue weighted by Crippen LogP contribution is -2.19. The Labute approximate surface area is 171 Å². The number of hydrogen-bond acceptors (Lipinski definition) is 6. The largest absolute Gasteiger partial charge is 0.394 e. The molecule has 0 saturated carbocycles. The minimum atomic E-state index is -0.619. The Morgan fingerprint density at radius 2 is 1.90 bits per heavy atom. The van der Waals surface area contributed by atoms with Crippen LogP contribution in [0.2, 0.25) is 0 Å². The molecule has 0 aliphatic heterocycles. The molecule has 1 aromatic carbocycles. The van der Waals surface area contributed by atoms with Gasteiger partial charge in [-0.1, -0.05) is 11.8 Å². The molecule has 0 saturated heterocycles. The molecule has 9 heteroatoms. The van der Waals surface area contributed by atoms with E-state index in [1.54, 1.807) is 35.0 Å². The number of rotatable bonds is 7. The number of nitrogens with zero attached hydrogens (tertiary/aromatic N) is 3. The first-order valence-electron chi connectivity index (χ1n) is 8.86. The van der Waals surface area contributed by atoms with Gasteiger partial charge in [-0.15, -0.1) is 0 Å². The second kappa shape index (κ2) is 9.17. The van der Waals surface area contributed by atoms with Crippen LogP contribution < -0.4 is 5.32 Å². The average molecular weight is 416 g/mol. The number of amides is 1. The SMILES string of the molecule is CSc1nc(-c2ccc(F)cc2)c(-c2ccnc(NC(C)=O)c2)n1C(CO)CO. The molecule has 0 spiro atoms. The van der Waals surface area contributed by atoms with Crippen LogP contribution in [0, 0.1) is 5.82 Å². The highest BCUT2D eigenvalue weighted by Gasteiger charge is 2.25. The van der Waals surface area contributed by atoms with Crippen molar-refractivity contribution in [1.29, 1.82) is 0 Å². The molecule has 3 N–H and O–H groups in total. The second-order valence-electron chi connectivity index (χ2n) is 6.30. The van der Waals surface area contributed by atoms with Crippen molar-refractivity contribution in [2.75, 3.05) is 24.8 Å². The fraction of sp³-hybridized carbons (Fsp3) is 0.250. The Bertz CT molecular complexity index is 1000. The number of thioether (sulfide) groups is 1. The van der Waals surface area contributed by atoms with Crippen molar-refractivity contribution in [3.8, 4) is 22.5 Å². The van der Waals surface area contributed by atoms with Crippen molar-refractivity contribution in [3.05, 3.63) is 48.4 Å². The van der Waals surface area contributed by atoms with E-state index in [1.807, 2.05) is 6.26 Å². The highest BCUT2D eigenvalue weighted by molar-refractivity contribution is 7.98. The number of aliphatic hydroxyl groups is 2. The average Bonchev–Trinajstić information content (AvgIpc) is 3.09. The predicted molar refractivity (Wildman–Crippen MR) is 110 cm³/mol. The normalized spacial score (nSPS) is 11.1. The van der Waals surface area contributed by atoms with Crippen molar-refractivity contribution in [2.24, 2.45) is 0 Å². The summed E-state index contributed by atoms with van der Waals surface area (Å²) < 4.78 is 15.2. The summed E-state index contributed by atoms with van der Waals surface area (Å²) in [4.78, 5) is 20.3. The van der Waals surface area contributed by atoms with Crippen molar-refractivity contribution in [1.82, 2.24) is 14.5 Å². The summed E-state index contributed by atoms with van der Waals surface area (Å²) in [5, 5.41) is 22.9. The minimum Gasteiger partial charge on any atom is -0.394 e. The van der Waals surface area contributed by atoms with Crippen LogP contribution in [-0.4, -0.2) is 50.1 Å². The molecule has 0 atom stereocenters. The summed E-state index contributed by atoms with van der Waals surface area (Å²) in [6.07, 6.45) is 3.40. The van der Waals surface area contributed by atoms with E-state index in [0.29, 0.717) is 33.5 Å². The lowest BCUT2D eigenvalue weighted by molar-refractivity contribution is -0.114. The molecule has 0 radical (unpaired) electrons. The predicted octanol–water partition coefficient (Wildman–Crippen LogP) is 2.96. The summed E-state index contributed by atoms with van der Waals surface area (Å²) in [7, 11) is 0. The first kappa shape index (κ1) is 21.0. The molecule has 152 valence electrons. The number of aliphatic hydroxyl groups excluding tert-OH is 2. The molecule has 0 aliphatic carbocycles. The van der Waals surface area contributed by atoms with Gasteiger partial charge in [0.25, 0.3) is 0 Å². The van der Waals surface area contributed by atoms with Crippen molar-refractivity contribution in [3.63, 3.8) is 0 Å². The highest BCUT2D eigenvalue weighted by atomic mass is 32.2. The molecule has 2 heterocycles.